The number of nitrogens with zero attached hydrogens (tertiary/aromatic N) is 2. The van der Waals surface area contributed by atoms with E-state index >= 15 is 0 Å². The number of hydrogen-bond donors (Lipinski definition) is 1. The van der Waals surface area contributed by atoms with Gasteiger partial charge in [-0.1, -0.05) is 35.9 Å². The van der Waals surface area contributed by atoms with Crippen molar-refractivity contribution in [1.29, 1.82) is 0 Å². The van der Waals surface area contributed by atoms with E-state index in [2.05, 4.69) is 10.3 Å². The summed E-state index contributed by atoms with van der Waals surface area (Å²) >= 11 is 7.29. The van der Waals surface area contributed by atoms with Crippen molar-refractivity contribution in [2.75, 3.05) is 5.32 Å². The number of nitrogens with one attached hydrogen (secondary N) is 1. The van der Waals surface area contributed by atoms with E-state index in [9.17, 15) is 14.0 Å². The van der Waals surface area contributed by atoms with E-state index in [4.69, 9.17) is 11.6 Å². The highest BCUT2D eigenvalue weighted by Crippen LogP contribution is 2.31. The molecular weight excluding hydrogens is 401 g/mol. The molecule has 0 aliphatic carbocycles. The van der Waals surface area contributed by atoms with E-state index in [1.165, 1.54) is 40.4 Å². The monoisotopic (exact) mass is 413 g/mol. The van der Waals surface area contributed by atoms with Crippen LogP contribution in [0.1, 0.15) is 0 Å². The number of hydrogen-bond acceptors (Lipinski definition) is 4. The summed E-state index contributed by atoms with van der Waals surface area (Å²) < 4.78 is 14.9. The lowest BCUT2D eigenvalue weighted by atomic mass is 10.1. The molecule has 2 aromatic carbocycles. The highest BCUT2D eigenvalue weighted by atomic mass is 35.5. The van der Waals surface area contributed by atoms with Crippen molar-refractivity contribution in [3.8, 4) is 11.1 Å². The molecule has 0 radical (unpaired) electrons. The number of halogens is 2. The summed E-state index contributed by atoms with van der Waals surface area (Å²) in [7, 11) is 0. The Bertz CT molecular complexity index is 1230. The molecule has 0 atom stereocenters. The van der Waals surface area contributed by atoms with E-state index < -0.39 is 11.7 Å². The number of carbonyl (C=O) groups excluding carboxylic acids is 1. The first-order valence-corrected chi connectivity index (χ1v) is 9.55. The third-order valence-corrected chi connectivity index (χ3v) is 5.32. The number of carbonyl (C=O) groups is 1. The van der Waals surface area contributed by atoms with Gasteiger partial charge in [-0.2, -0.15) is 0 Å². The summed E-state index contributed by atoms with van der Waals surface area (Å²) in [5.74, 6) is -1.06. The molecule has 8 heteroatoms. The summed E-state index contributed by atoms with van der Waals surface area (Å²) in [5.41, 5.74) is 1.30. The van der Waals surface area contributed by atoms with Crippen LogP contribution in [0.15, 0.2) is 65.0 Å². The van der Waals surface area contributed by atoms with Gasteiger partial charge in [-0.3, -0.25) is 14.2 Å². The van der Waals surface area contributed by atoms with Crippen molar-refractivity contribution in [3.63, 3.8) is 0 Å². The van der Waals surface area contributed by atoms with Crippen LogP contribution in [0.2, 0.25) is 5.02 Å². The number of benzene rings is 2. The smallest absolute Gasteiger partial charge is 0.263 e. The maximum atomic E-state index is 13.7. The van der Waals surface area contributed by atoms with Gasteiger partial charge >= 0.3 is 0 Å². The Balaban J connectivity index is 1.67. The van der Waals surface area contributed by atoms with Crippen LogP contribution < -0.4 is 10.9 Å². The molecule has 0 bridgehead atoms. The van der Waals surface area contributed by atoms with Gasteiger partial charge in [0.1, 0.15) is 17.2 Å². The standard InChI is InChI=1S/C20H13ClFN3O2S/c21-13-7-5-12(6-8-13)14-10-28-19-18(14)20(27)25(11-23-19)9-17(26)24-16-4-2-1-3-15(16)22/h1-8,10-11H,9H2,(H,24,26). The number of anilines is 1. The van der Waals surface area contributed by atoms with E-state index in [1.807, 2.05) is 17.5 Å². The molecule has 2 aromatic heterocycles. The second-order valence-corrected chi connectivity index (χ2v) is 7.34. The zero-order valence-corrected chi connectivity index (χ0v) is 15.9. The van der Waals surface area contributed by atoms with Gasteiger partial charge in [-0.15, -0.1) is 11.3 Å². The quantitative estimate of drug-likeness (QED) is 0.533. The van der Waals surface area contributed by atoms with Crippen molar-refractivity contribution >= 4 is 44.7 Å². The zero-order chi connectivity index (χ0) is 19.7. The van der Waals surface area contributed by atoms with E-state index in [-0.39, 0.29) is 17.8 Å². The highest BCUT2D eigenvalue weighted by molar-refractivity contribution is 7.17. The van der Waals surface area contributed by atoms with Gasteiger partial charge in [0.15, 0.2) is 0 Å². The Labute approximate surface area is 168 Å². The Kier molecular flexibility index (Phi) is 4.93. The normalized spacial score (nSPS) is 10.9. The van der Waals surface area contributed by atoms with Crippen molar-refractivity contribution in [2.45, 2.75) is 6.54 Å². The van der Waals surface area contributed by atoms with Crippen LogP contribution in [0.25, 0.3) is 21.3 Å². The number of para-hydroxylation sites is 1. The first-order valence-electron chi connectivity index (χ1n) is 8.30. The van der Waals surface area contributed by atoms with Gasteiger partial charge < -0.3 is 5.32 Å². The third kappa shape index (κ3) is 3.54. The molecule has 2 heterocycles. The third-order valence-electron chi connectivity index (χ3n) is 4.18. The van der Waals surface area contributed by atoms with E-state index in [1.54, 1.807) is 18.2 Å². The van der Waals surface area contributed by atoms with Gasteiger partial charge in [0.25, 0.3) is 5.56 Å². The van der Waals surface area contributed by atoms with Gasteiger partial charge in [-0.05, 0) is 29.8 Å². The number of thiophene rings is 1. The molecule has 4 rings (SSSR count). The molecular formula is C20H13ClFN3O2S. The van der Waals surface area contributed by atoms with Crippen LogP contribution in [-0.4, -0.2) is 15.5 Å². The minimum atomic E-state index is -0.542. The minimum Gasteiger partial charge on any atom is -0.322 e. The van der Waals surface area contributed by atoms with Crippen molar-refractivity contribution in [1.82, 2.24) is 9.55 Å². The Morgan fingerprint density at radius 3 is 2.68 bits per heavy atom. The van der Waals surface area contributed by atoms with Crippen molar-refractivity contribution in [2.24, 2.45) is 0 Å². The maximum absolute atomic E-state index is 13.7. The molecule has 0 unspecified atom stereocenters. The predicted octanol–water partition coefficient (Wildman–Crippen LogP) is 4.56. The molecule has 28 heavy (non-hydrogen) atoms. The fraction of sp³-hybridized carbons (Fsp3) is 0.0500. The second kappa shape index (κ2) is 7.53. The number of fused-ring (bicyclic) bond motifs is 1. The van der Waals surface area contributed by atoms with Crippen LogP contribution in [-0.2, 0) is 11.3 Å². The molecule has 140 valence electrons. The highest BCUT2D eigenvalue weighted by Gasteiger charge is 2.15. The number of rotatable bonds is 4. The lowest BCUT2D eigenvalue weighted by Gasteiger charge is -2.08. The molecule has 1 N–H and O–H groups in total. The molecule has 0 spiro atoms. The lowest BCUT2D eigenvalue weighted by Crippen LogP contribution is -2.28. The van der Waals surface area contributed by atoms with Crippen LogP contribution in [0, 0.1) is 5.82 Å². The predicted molar refractivity (Wildman–Crippen MR) is 109 cm³/mol. The fourth-order valence-electron chi connectivity index (χ4n) is 2.83. The zero-order valence-electron chi connectivity index (χ0n) is 14.4. The van der Waals surface area contributed by atoms with Gasteiger partial charge in [0, 0.05) is 16.0 Å². The average molecular weight is 414 g/mol. The summed E-state index contributed by atoms with van der Waals surface area (Å²) in [6, 6.07) is 13.0. The van der Waals surface area contributed by atoms with Gasteiger partial charge in [0.05, 0.1) is 17.4 Å². The van der Waals surface area contributed by atoms with E-state index in [0.29, 0.717) is 15.2 Å². The van der Waals surface area contributed by atoms with Crippen LogP contribution >= 0.6 is 22.9 Å². The SMILES string of the molecule is O=C(Cn1cnc2scc(-c3ccc(Cl)cc3)c2c1=O)Nc1ccccc1F. The molecule has 1 amide bonds. The van der Waals surface area contributed by atoms with Crippen molar-refractivity contribution in [3.05, 3.63) is 81.4 Å². The molecule has 0 fully saturated rings. The van der Waals surface area contributed by atoms with E-state index in [0.717, 1.165) is 11.1 Å². The van der Waals surface area contributed by atoms with Gasteiger partial charge in [-0.25, -0.2) is 9.37 Å². The summed E-state index contributed by atoms with van der Waals surface area (Å²) in [5, 5.41) is 5.36. The average Bonchev–Trinajstić information content (AvgIpc) is 3.11. The molecule has 4 aromatic rings. The molecule has 0 saturated carbocycles. The number of amides is 1. The Morgan fingerprint density at radius 1 is 1.18 bits per heavy atom. The maximum Gasteiger partial charge on any atom is 0.263 e. The Hall–Kier alpha value is -3.03. The fourth-order valence-corrected chi connectivity index (χ4v) is 3.86. The summed E-state index contributed by atoms with van der Waals surface area (Å²) in [6.07, 6.45) is 1.33. The number of aromatic nitrogens is 2. The summed E-state index contributed by atoms with van der Waals surface area (Å²) in [6.45, 7) is -0.272. The first-order chi connectivity index (χ1) is 13.5. The lowest BCUT2D eigenvalue weighted by molar-refractivity contribution is -0.116. The molecule has 0 aliphatic heterocycles. The van der Waals surface area contributed by atoms with Gasteiger partial charge in [0.2, 0.25) is 5.91 Å². The Morgan fingerprint density at radius 2 is 1.93 bits per heavy atom. The molecule has 5 nitrogen and oxygen atoms in total. The van der Waals surface area contributed by atoms with Crippen LogP contribution in [0.5, 0.6) is 0 Å². The van der Waals surface area contributed by atoms with Crippen molar-refractivity contribution < 1.29 is 9.18 Å². The first kappa shape index (κ1) is 18.3. The molecule has 0 aliphatic rings. The topological polar surface area (TPSA) is 64.0 Å². The minimum absolute atomic E-state index is 0.0620. The molecule has 0 saturated heterocycles. The summed E-state index contributed by atoms with van der Waals surface area (Å²) in [4.78, 5) is 30.1. The van der Waals surface area contributed by atoms with Crippen LogP contribution in [0.3, 0.4) is 0 Å². The van der Waals surface area contributed by atoms with Crippen LogP contribution in [0.4, 0.5) is 10.1 Å². The largest absolute Gasteiger partial charge is 0.322 e. The second-order valence-electron chi connectivity index (χ2n) is 6.04.